The molecule has 1 rings (SSSR count). The first-order valence-corrected chi connectivity index (χ1v) is 9.57. The monoisotopic (exact) mass is 477 g/mol. The molecule has 1 fully saturated rings. The van der Waals surface area contributed by atoms with E-state index in [2.05, 4.69) is 5.32 Å². The molecule has 166 valence electrons. The lowest BCUT2D eigenvalue weighted by Crippen LogP contribution is -2.65. The molecule has 0 radical (unpaired) electrons. The maximum Gasteiger partial charge on any atom is 0.407 e. The lowest BCUT2D eigenvalue weighted by molar-refractivity contribution is -0.220. The number of hydrogen-bond acceptors (Lipinski definition) is 9. The number of alkyl halides is 3. The van der Waals surface area contributed by atoms with Crippen molar-refractivity contribution >= 4 is 58.8 Å². The normalized spacial score (nSPS) is 26.8. The summed E-state index contributed by atoms with van der Waals surface area (Å²) in [4.78, 5) is 46.4. The highest BCUT2D eigenvalue weighted by atomic mass is 35.6. The molecule has 10 nitrogen and oxygen atoms in total. The molecule has 1 heterocycles. The second-order valence-electron chi connectivity index (χ2n) is 6.19. The standard InChI is InChI=1S/C16H22Cl3NO9/c1-7-12(20-15(24)26-6-16(17,18)19)14(29-10(4)23)13(28-9(3)22)11(27-7)5-25-8(2)21/h7,11-14H,5-6H2,1-4H3,(H,20,24)/t7-,11?,12?,13-,14+/m0/s1. The second kappa shape index (κ2) is 11.1. The largest absolute Gasteiger partial charge is 0.463 e. The van der Waals surface area contributed by atoms with Crippen LogP contribution >= 0.6 is 34.8 Å². The molecular formula is C16H22Cl3NO9. The van der Waals surface area contributed by atoms with Crippen molar-refractivity contribution in [3.8, 4) is 0 Å². The number of amides is 1. The quantitative estimate of drug-likeness (QED) is 0.344. The fourth-order valence-electron chi connectivity index (χ4n) is 2.65. The number of alkyl carbamates (subject to hydrolysis) is 1. The molecule has 0 bridgehead atoms. The Balaban J connectivity index is 3.06. The lowest BCUT2D eigenvalue weighted by atomic mass is 9.93. The number of ether oxygens (including phenoxy) is 5. The Morgan fingerprint density at radius 3 is 1.97 bits per heavy atom. The first-order valence-electron chi connectivity index (χ1n) is 8.43. The van der Waals surface area contributed by atoms with Gasteiger partial charge in [0.05, 0.1) is 12.1 Å². The Kier molecular flexibility index (Phi) is 9.74. The van der Waals surface area contributed by atoms with Gasteiger partial charge in [-0.3, -0.25) is 14.4 Å². The van der Waals surface area contributed by atoms with Crippen molar-refractivity contribution in [1.29, 1.82) is 0 Å². The summed E-state index contributed by atoms with van der Waals surface area (Å²) in [6.07, 6.45) is -5.02. The minimum atomic E-state index is -1.82. The molecule has 1 aliphatic heterocycles. The molecule has 29 heavy (non-hydrogen) atoms. The van der Waals surface area contributed by atoms with Gasteiger partial charge in [-0.1, -0.05) is 34.8 Å². The average Bonchev–Trinajstić information content (AvgIpc) is 2.55. The van der Waals surface area contributed by atoms with E-state index < -0.39 is 64.9 Å². The van der Waals surface area contributed by atoms with Gasteiger partial charge in [0.1, 0.15) is 19.3 Å². The van der Waals surface area contributed by atoms with Gasteiger partial charge in [-0.05, 0) is 6.92 Å². The van der Waals surface area contributed by atoms with E-state index in [1.807, 2.05) is 0 Å². The van der Waals surface area contributed by atoms with Gasteiger partial charge in [0, 0.05) is 20.8 Å². The summed E-state index contributed by atoms with van der Waals surface area (Å²) in [5.41, 5.74) is 0. The van der Waals surface area contributed by atoms with Gasteiger partial charge in [0.2, 0.25) is 3.79 Å². The summed E-state index contributed by atoms with van der Waals surface area (Å²) in [6.45, 7) is 4.25. The molecule has 0 aromatic heterocycles. The van der Waals surface area contributed by atoms with Crippen molar-refractivity contribution in [3.05, 3.63) is 0 Å². The molecule has 13 heteroatoms. The number of hydrogen-bond donors (Lipinski definition) is 1. The number of rotatable bonds is 6. The van der Waals surface area contributed by atoms with Crippen molar-refractivity contribution in [2.24, 2.45) is 0 Å². The van der Waals surface area contributed by atoms with E-state index in [1.165, 1.54) is 6.92 Å². The minimum absolute atomic E-state index is 0.264. The van der Waals surface area contributed by atoms with Crippen LogP contribution in [0.4, 0.5) is 4.79 Å². The van der Waals surface area contributed by atoms with E-state index in [4.69, 9.17) is 58.5 Å². The van der Waals surface area contributed by atoms with Crippen molar-refractivity contribution in [1.82, 2.24) is 5.32 Å². The molecule has 0 aromatic rings. The van der Waals surface area contributed by atoms with Crippen molar-refractivity contribution in [2.75, 3.05) is 13.2 Å². The number of halogens is 3. The average molecular weight is 479 g/mol. The van der Waals surface area contributed by atoms with Crippen LogP contribution in [0.3, 0.4) is 0 Å². The highest BCUT2D eigenvalue weighted by Crippen LogP contribution is 2.28. The van der Waals surface area contributed by atoms with Crippen molar-refractivity contribution in [2.45, 2.75) is 61.9 Å². The van der Waals surface area contributed by atoms with E-state index in [9.17, 15) is 19.2 Å². The predicted molar refractivity (Wildman–Crippen MR) is 101 cm³/mol. The summed E-state index contributed by atoms with van der Waals surface area (Å²) < 4.78 is 24.2. The summed E-state index contributed by atoms with van der Waals surface area (Å²) in [5.74, 6) is -1.98. The SMILES string of the molecule is CC(=O)OCC1O[C@@H](C)C(NC(=O)OCC(Cl)(Cl)Cl)[C@@H](OC(C)=O)[C@H]1OC(C)=O. The lowest BCUT2D eigenvalue weighted by Gasteiger charge is -2.44. The molecule has 5 atom stereocenters. The molecule has 1 saturated heterocycles. The van der Waals surface area contributed by atoms with Crippen LogP contribution in [0.1, 0.15) is 27.7 Å². The maximum atomic E-state index is 12.1. The van der Waals surface area contributed by atoms with Crippen LogP contribution in [-0.2, 0) is 38.1 Å². The third-order valence-corrected chi connectivity index (χ3v) is 3.97. The van der Waals surface area contributed by atoms with Gasteiger partial charge in [0.25, 0.3) is 0 Å². The van der Waals surface area contributed by atoms with E-state index in [-0.39, 0.29) is 6.61 Å². The topological polar surface area (TPSA) is 126 Å². The number of carbonyl (C=O) groups is 4. The zero-order valence-corrected chi connectivity index (χ0v) is 18.4. The fourth-order valence-corrected chi connectivity index (χ4v) is 2.81. The molecular weight excluding hydrogens is 457 g/mol. The second-order valence-corrected chi connectivity index (χ2v) is 8.71. The van der Waals surface area contributed by atoms with Crippen LogP contribution in [0.15, 0.2) is 0 Å². The van der Waals surface area contributed by atoms with Gasteiger partial charge in [-0.2, -0.15) is 0 Å². The molecule has 1 aliphatic rings. The Labute approximate surface area is 182 Å². The summed E-state index contributed by atoms with van der Waals surface area (Å²) in [7, 11) is 0. The van der Waals surface area contributed by atoms with E-state index in [0.29, 0.717) is 0 Å². The summed E-state index contributed by atoms with van der Waals surface area (Å²) >= 11 is 16.6. The van der Waals surface area contributed by atoms with Gasteiger partial charge in [-0.25, -0.2) is 4.79 Å². The van der Waals surface area contributed by atoms with E-state index in [0.717, 1.165) is 13.8 Å². The van der Waals surface area contributed by atoms with Crippen LogP contribution in [0.2, 0.25) is 0 Å². The highest BCUT2D eigenvalue weighted by Gasteiger charge is 2.49. The van der Waals surface area contributed by atoms with Crippen LogP contribution in [-0.4, -0.2) is 71.5 Å². The van der Waals surface area contributed by atoms with E-state index in [1.54, 1.807) is 6.92 Å². The van der Waals surface area contributed by atoms with Gasteiger partial charge in [0.15, 0.2) is 12.2 Å². The van der Waals surface area contributed by atoms with Crippen LogP contribution in [0.25, 0.3) is 0 Å². The molecule has 1 N–H and O–H groups in total. The zero-order valence-electron chi connectivity index (χ0n) is 16.1. The number of nitrogens with one attached hydrogen (secondary N) is 1. The zero-order chi connectivity index (χ0) is 22.4. The van der Waals surface area contributed by atoms with Crippen LogP contribution in [0.5, 0.6) is 0 Å². The highest BCUT2D eigenvalue weighted by molar-refractivity contribution is 6.67. The van der Waals surface area contributed by atoms with Crippen molar-refractivity contribution < 1.29 is 42.9 Å². The van der Waals surface area contributed by atoms with Crippen LogP contribution in [0, 0.1) is 0 Å². The third kappa shape index (κ3) is 9.24. The molecule has 1 amide bonds. The molecule has 0 aromatic carbocycles. The fraction of sp³-hybridized carbons (Fsp3) is 0.750. The first-order chi connectivity index (χ1) is 13.3. The van der Waals surface area contributed by atoms with Crippen LogP contribution < -0.4 is 5.32 Å². The van der Waals surface area contributed by atoms with E-state index >= 15 is 0 Å². The molecule has 0 aliphatic carbocycles. The molecule has 0 saturated carbocycles. The first kappa shape index (κ1) is 25.5. The molecule has 0 spiro atoms. The minimum Gasteiger partial charge on any atom is -0.463 e. The number of esters is 3. The maximum absolute atomic E-state index is 12.1. The van der Waals surface area contributed by atoms with Crippen molar-refractivity contribution in [3.63, 3.8) is 0 Å². The van der Waals surface area contributed by atoms with Gasteiger partial charge >= 0.3 is 24.0 Å². The summed E-state index contributed by atoms with van der Waals surface area (Å²) in [6, 6.07) is -0.986. The third-order valence-electron chi connectivity index (χ3n) is 3.65. The van der Waals surface area contributed by atoms with Gasteiger partial charge in [-0.15, -0.1) is 0 Å². The Morgan fingerprint density at radius 1 is 0.931 bits per heavy atom. The predicted octanol–water partition coefficient (Wildman–Crippen LogP) is 1.67. The Hall–Kier alpha value is -1.49. The molecule has 2 unspecified atom stereocenters. The Bertz CT molecular complexity index is 625. The Morgan fingerprint density at radius 2 is 1.48 bits per heavy atom. The van der Waals surface area contributed by atoms with Gasteiger partial charge < -0.3 is 29.0 Å². The summed E-state index contributed by atoms with van der Waals surface area (Å²) in [5, 5.41) is 2.45. The smallest absolute Gasteiger partial charge is 0.407 e. The number of carbonyl (C=O) groups excluding carboxylic acids is 4.